The van der Waals surface area contributed by atoms with Crippen LogP contribution in [0.2, 0.25) is 0 Å². The van der Waals surface area contributed by atoms with Crippen molar-refractivity contribution in [2.24, 2.45) is 23.2 Å². The average molecular weight is 329 g/mol. The second kappa shape index (κ2) is 6.15. The number of esters is 1. The van der Waals surface area contributed by atoms with Crippen molar-refractivity contribution < 1.29 is 14.3 Å². The third kappa shape index (κ3) is 2.89. The van der Waals surface area contributed by atoms with E-state index in [1.54, 1.807) is 0 Å². The summed E-state index contributed by atoms with van der Waals surface area (Å²) >= 11 is 0. The molecule has 0 radical (unpaired) electrons. The van der Waals surface area contributed by atoms with Crippen molar-refractivity contribution in [2.45, 2.75) is 38.5 Å². The SMILES string of the molecule is O=C(NCCOC(=O)C12CC3CC(CC(C3)C1)C2)c1cnccn1. The van der Waals surface area contributed by atoms with E-state index in [0.717, 1.165) is 37.0 Å². The zero-order chi connectivity index (χ0) is 16.6. The van der Waals surface area contributed by atoms with E-state index in [0.29, 0.717) is 6.54 Å². The van der Waals surface area contributed by atoms with Gasteiger partial charge in [-0.3, -0.25) is 14.6 Å². The van der Waals surface area contributed by atoms with E-state index in [4.69, 9.17) is 4.74 Å². The number of nitrogens with zero attached hydrogens (tertiary/aromatic N) is 2. The number of amides is 1. The Morgan fingerprint density at radius 3 is 2.38 bits per heavy atom. The van der Waals surface area contributed by atoms with Gasteiger partial charge in [0, 0.05) is 12.4 Å². The van der Waals surface area contributed by atoms with Crippen LogP contribution >= 0.6 is 0 Å². The minimum absolute atomic E-state index is 0.0460. The van der Waals surface area contributed by atoms with Crippen LogP contribution in [0.1, 0.15) is 49.0 Å². The van der Waals surface area contributed by atoms with E-state index in [1.165, 1.54) is 37.9 Å². The molecule has 1 amide bonds. The Morgan fingerprint density at radius 1 is 1.12 bits per heavy atom. The van der Waals surface area contributed by atoms with Crippen LogP contribution in [0.15, 0.2) is 18.6 Å². The highest BCUT2D eigenvalue weighted by molar-refractivity contribution is 5.91. The molecule has 1 aromatic rings. The van der Waals surface area contributed by atoms with Gasteiger partial charge in [-0.05, 0) is 56.3 Å². The number of carbonyl (C=O) groups excluding carboxylic acids is 2. The summed E-state index contributed by atoms with van der Waals surface area (Å²) in [5, 5.41) is 2.71. The highest BCUT2D eigenvalue weighted by Crippen LogP contribution is 2.60. The summed E-state index contributed by atoms with van der Waals surface area (Å²) in [6.45, 7) is 0.514. The molecule has 24 heavy (non-hydrogen) atoms. The van der Waals surface area contributed by atoms with Crippen LogP contribution in [0.4, 0.5) is 0 Å². The normalized spacial score (nSPS) is 33.2. The highest BCUT2D eigenvalue weighted by Gasteiger charge is 2.55. The Hall–Kier alpha value is -1.98. The van der Waals surface area contributed by atoms with Crippen molar-refractivity contribution in [1.29, 1.82) is 0 Å². The van der Waals surface area contributed by atoms with Crippen molar-refractivity contribution in [3.8, 4) is 0 Å². The fourth-order valence-electron chi connectivity index (χ4n) is 5.33. The molecule has 4 fully saturated rings. The number of aromatic nitrogens is 2. The van der Waals surface area contributed by atoms with Crippen LogP contribution in [0, 0.1) is 23.2 Å². The maximum absolute atomic E-state index is 12.7. The van der Waals surface area contributed by atoms with Gasteiger partial charge in [0.05, 0.1) is 18.2 Å². The third-order valence-electron chi connectivity index (χ3n) is 5.89. The largest absolute Gasteiger partial charge is 0.463 e. The standard InChI is InChI=1S/C18H23N3O3/c22-16(15-11-19-1-2-20-15)21-3-4-24-17(23)18-8-12-5-13(9-18)7-14(6-12)10-18/h1-2,11-14H,3-10H2,(H,21,22). The van der Waals surface area contributed by atoms with E-state index >= 15 is 0 Å². The van der Waals surface area contributed by atoms with Crippen molar-refractivity contribution in [3.05, 3.63) is 24.3 Å². The predicted octanol–water partition coefficient (Wildman–Crippen LogP) is 1.97. The van der Waals surface area contributed by atoms with Gasteiger partial charge in [0.25, 0.3) is 5.91 Å². The lowest BCUT2D eigenvalue weighted by atomic mass is 9.49. The lowest BCUT2D eigenvalue weighted by Gasteiger charge is -2.55. The molecule has 0 atom stereocenters. The van der Waals surface area contributed by atoms with Crippen LogP contribution in [0.3, 0.4) is 0 Å². The topological polar surface area (TPSA) is 81.2 Å². The predicted molar refractivity (Wildman–Crippen MR) is 85.9 cm³/mol. The number of carbonyl (C=O) groups is 2. The van der Waals surface area contributed by atoms with E-state index in [9.17, 15) is 9.59 Å². The number of ether oxygens (including phenoxy) is 1. The summed E-state index contributed by atoms with van der Waals surface area (Å²) in [6, 6.07) is 0. The molecule has 4 bridgehead atoms. The zero-order valence-corrected chi connectivity index (χ0v) is 13.7. The van der Waals surface area contributed by atoms with Gasteiger partial charge in [-0.15, -0.1) is 0 Å². The first-order valence-electron chi connectivity index (χ1n) is 8.86. The molecule has 4 aliphatic rings. The van der Waals surface area contributed by atoms with Crippen molar-refractivity contribution in [3.63, 3.8) is 0 Å². The molecule has 4 aliphatic carbocycles. The summed E-state index contributed by atoms with van der Waals surface area (Å²) in [5.74, 6) is 1.82. The summed E-state index contributed by atoms with van der Waals surface area (Å²) in [5.41, 5.74) is 0.0360. The molecule has 1 heterocycles. The molecule has 0 aliphatic heterocycles. The molecule has 128 valence electrons. The Bertz CT molecular complexity index is 596. The lowest BCUT2D eigenvalue weighted by molar-refractivity contribution is -0.171. The van der Waals surface area contributed by atoms with Crippen molar-refractivity contribution in [1.82, 2.24) is 15.3 Å². The zero-order valence-electron chi connectivity index (χ0n) is 13.7. The smallest absolute Gasteiger partial charge is 0.312 e. The molecule has 0 saturated heterocycles. The van der Waals surface area contributed by atoms with Gasteiger partial charge in [0.15, 0.2) is 0 Å². The van der Waals surface area contributed by atoms with Gasteiger partial charge in [0.2, 0.25) is 0 Å². The Balaban J connectivity index is 1.26. The highest BCUT2D eigenvalue weighted by atomic mass is 16.5. The van der Waals surface area contributed by atoms with Gasteiger partial charge in [-0.1, -0.05) is 0 Å². The molecule has 0 unspecified atom stereocenters. The molecule has 0 spiro atoms. The van der Waals surface area contributed by atoms with Crippen LogP contribution in [0.5, 0.6) is 0 Å². The summed E-state index contributed by atoms with van der Waals surface area (Å²) in [7, 11) is 0. The van der Waals surface area contributed by atoms with E-state index in [2.05, 4.69) is 15.3 Å². The molecular weight excluding hydrogens is 306 g/mol. The van der Waals surface area contributed by atoms with Crippen molar-refractivity contribution in [2.75, 3.05) is 13.2 Å². The Morgan fingerprint density at radius 2 is 1.79 bits per heavy atom. The molecular formula is C18H23N3O3. The third-order valence-corrected chi connectivity index (χ3v) is 5.89. The lowest BCUT2D eigenvalue weighted by Crippen LogP contribution is -2.50. The van der Waals surface area contributed by atoms with Crippen LogP contribution in [0.25, 0.3) is 0 Å². The molecule has 6 nitrogen and oxygen atoms in total. The first-order chi connectivity index (χ1) is 11.6. The number of nitrogens with one attached hydrogen (secondary N) is 1. The first-order valence-corrected chi connectivity index (χ1v) is 8.86. The van der Waals surface area contributed by atoms with Crippen molar-refractivity contribution >= 4 is 11.9 Å². The van der Waals surface area contributed by atoms with Gasteiger partial charge in [-0.25, -0.2) is 4.98 Å². The fourth-order valence-corrected chi connectivity index (χ4v) is 5.33. The van der Waals surface area contributed by atoms with Gasteiger partial charge < -0.3 is 10.1 Å². The van der Waals surface area contributed by atoms with Gasteiger partial charge >= 0.3 is 5.97 Å². The van der Waals surface area contributed by atoms with E-state index < -0.39 is 0 Å². The second-order valence-electron chi connectivity index (χ2n) is 7.68. The second-order valence-corrected chi connectivity index (χ2v) is 7.68. The van der Waals surface area contributed by atoms with Gasteiger partial charge in [-0.2, -0.15) is 0 Å². The molecule has 5 rings (SSSR count). The van der Waals surface area contributed by atoms with Gasteiger partial charge in [0.1, 0.15) is 12.3 Å². The molecule has 4 saturated carbocycles. The number of hydrogen-bond acceptors (Lipinski definition) is 5. The molecule has 0 aromatic carbocycles. The monoisotopic (exact) mass is 329 g/mol. The molecule has 6 heteroatoms. The fraction of sp³-hybridized carbons (Fsp3) is 0.667. The average Bonchev–Trinajstić information content (AvgIpc) is 2.58. The van der Waals surface area contributed by atoms with E-state index in [-0.39, 0.29) is 29.6 Å². The molecule has 1 aromatic heterocycles. The van der Waals surface area contributed by atoms with Crippen LogP contribution < -0.4 is 5.32 Å². The maximum atomic E-state index is 12.7. The number of rotatable bonds is 5. The minimum Gasteiger partial charge on any atom is -0.463 e. The van der Waals surface area contributed by atoms with Crippen LogP contribution in [-0.4, -0.2) is 35.0 Å². The van der Waals surface area contributed by atoms with Crippen LogP contribution in [-0.2, 0) is 9.53 Å². The maximum Gasteiger partial charge on any atom is 0.312 e. The molecule has 1 N–H and O–H groups in total. The summed E-state index contributed by atoms with van der Waals surface area (Å²) < 4.78 is 5.52. The quantitative estimate of drug-likeness (QED) is 0.660. The Kier molecular flexibility index (Phi) is 3.98. The summed E-state index contributed by atoms with van der Waals surface area (Å²) in [6.07, 6.45) is 11.3. The number of hydrogen-bond donors (Lipinski definition) is 1. The van der Waals surface area contributed by atoms with E-state index in [1.807, 2.05) is 0 Å². The minimum atomic E-state index is -0.297. The Labute approximate surface area is 141 Å². The summed E-state index contributed by atoms with van der Waals surface area (Å²) in [4.78, 5) is 32.3. The first kappa shape index (κ1) is 15.5.